The van der Waals surface area contributed by atoms with E-state index in [0.717, 1.165) is 17.7 Å². The van der Waals surface area contributed by atoms with Crippen LogP contribution in [0.5, 0.6) is 5.75 Å². The molecule has 4 rings (SSSR count). The van der Waals surface area contributed by atoms with Crippen molar-refractivity contribution in [3.63, 3.8) is 0 Å². The molecule has 0 fully saturated rings. The molecule has 1 aliphatic heterocycles. The lowest BCUT2D eigenvalue weighted by atomic mass is 9.95. The van der Waals surface area contributed by atoms with Crippen molar-refractivity contribution in [2.24, 2.45) is 0 Å². The lowest BCUT2D eigenvalue weighted by molar-refractivity contribution is -0.192. The van der Waals surface area contributed by atoms with Crippen molar-refractivity contribution in [2.75, 3.05) is 32.6 Å². The lowest BCUT2D eigenvalue weighted by Gasteiger charge is -2.25. The first kappa shape index (κ1) is 27.7. The number of rotatable bonds is 7. The summed E-state index contributed by atoms with van der Waals surface area (Å²) in [5.41, 5.74) is 5.08. The molecule has 0 bridgehead atoms. The van der Waals surface area contributed by atoms with E-state index in [1.807, 2.05) is 50.6 Å². The van der Waals surface area contributed by atoms with E-state index in [2.05, 4.69) is 37.9 Å². The molecular formula is C25H28F3N5O4. The summed E-state index contributed by atoms with van der Waals surface area (Å²) in [4.78, 5) is 23.9. The fraction of sp³-hybridized carbons (Fsp3) is 0.320. The number of likely N-dealkylation sites (N-methyl/N-ethyl adjacent to an activating group) is 1. The number of hydrogen-bond donors (Lipinski definition) is 4. The smallest absolute Gasteiger partial charge is 0.490 e. The number of carbonyl (C=O) groups is 2. The van der Waals surface area contributed by atoms with Crippen LogP contribution < -0.4 is 15.4 Å². The quantitative estimate of drug-likeness (QED) is 0.378. The molecule has 2 heterocycles. The second kappa shape index (κ2) is 12.4. The molecule has 1 atom stereocenters. The van der Waals surface area contributed by atoms with Gasteiger partial charge < -0.3 is 25.4 Å². The van der Waals surface area contributed by atoms with Crippen molar-refractivity contribution in [1.29, 1.82) is 0 Å². The van der Waals surface area contributed by atoms with Crippen LogP contribution in [0.25, 0.3) is 11.1 Å². The number of nitrogens with zero attached hydrogens (tertiary/aromatic N) is 2. The number of benzene rings is 2. The summed E-state index contributed by atoms with van der Waals surface area (Å²) in [6.45, 7) is 2.00. The van der Waals surface area contributed by atoms with E-state index in [1.165, 1.54) is 11.1 Å². The third-order valence-electron chi connectivity index (χ3n) is 5.51. The summed E-state index contributed by atoms with van der Waals surface area (Å²) in [6.07, 6.45) is -0.812. The van der Waals surface area contributed by atoms with E-state index >= 15 is 0 Å². The van der Waals surface area contributed by atoms with Crippen molar-refractivity contribution in [3.8, 4) is 16.9 Å². The highest BCUT2D eigenvalue weighted by atomic mass is 19.4. The molecule has 2 aromatic carbocycles. The van der Waals surface area contributed by atoms with Crippen molar-refractivity contribution >= 4 is 17.6 Å². The number of aromatic amines is 1. The minimum absolute atomic E-state index is 0.0574. The molecule has 9 nitrogen and oxygen atoms in total. The highest BCUT2D eigenvalue weighted by molar-refractivity contribution is 5.96. The minimum Gasteiger partial charge on any atom is -0.490 e. The Morgan fingerprint density at radius 2 is 1.86 bits per heavy atom. The second-order valence-electron chi connectivity index (χ2n) is 8.55. The molecule has 0 unspecified atom stereocenters. The van der Waals surface area contributed by atoms with Gasteiger partial charge in [0.2, 0.25) is 5.91 Å². The fourth-order valence-corrected chi connectivity index (χ4v) is 3.53. The number of anilines is 1. The highest BCUT2D eigenvalue weighted by Crippen LogP contribution is 2.31. The van der Waals surface area contributed by atoms with Gasteiger partial charge in [-0.3, -0.25) is 9.89 Å². The van der Waals surface area contributed by atoms with Crippen LogP contribution in [-0.4, -0.2) is 71.5 Å². The third kappa shape index (κ3) is 8.05. The van der Waals surface area contributed by atoms with Gasteiger partial charge in [0, 0.05) is 24.8 Å². The molecule has 0 spiro atoms. The van der Waals surface area contributed by atoms with Crippen LogP contribution in [0.15, 0.2) is 54.9 Å². The largest absolute Gasteiger partial charge is 0.490 e. The Morgan fingerprint density at radius 3 is 2.49 bits per heavy atom. The van der Waals surface area contributed by atoms with E-state index in [1.54, 1.807) is 6.20 Å². The van der Waals surface area contributed by atoms with E-state index in [-0.39, 0.29) is 11.9 Å². The molecule has 1 aliphatic rings. The Kier molecular flexibility index (Phi) is 9.25. The summed E-state index contributed by atoms with van der Waals surface area (Å²) < 4.78 is 37.8. The SMILES string of the molecule is CN(C)CCOc1cc(-c2cn[nH]c2)ccc1NC(=O)[C@H]1Cc2ccccc2CN1.O=C(O)C(F)(F)F. The van der Waals surface area contributed by atoms with Crippen LogP contribution in [0, 0.1) is 0 Å². The third-order valence-corrected chi connectivity index (χ3v) is 5.51. The Labute approximate surface area is 211 Å². The van der Waals surface area contributed by atoms with Crippen LogP contribution in [0.1, 0.15) is 11.1 Å². The standard InChI is InChI=1S/C23H27N5O2.C2HF3O2/c1-28(2)9-10-30-22-12-17(19-14-25-26-15-19)7-8-20(22)27-23(29)21-11-16-5-3-4-6-18(16)13-24-21;3-2(4,5)1(6)7/h3-8,12,14-15,21,24H,9-11,13H2,1-2H3,(H,25,26)(H,27,29);(H,6,7)/t21-;/m1./s1. The van der Waals surface area contributed by atoms with Gasteiger partial charge in [-0.2, -0.15) is 18.3 Å². The normalized spacial score (nSPS) is 14.8. The zero-order valence-electron chi connectivity index (χ0n) is 20.3. The van der Waals surface area contributed by atoms with Gasteiger partial charge in [-0.25, -0.2) is 4.79 Å². The Morgan fingerprint density at radius 1 is 1.16 bits per heavy atom. The first-order valence-electron chi connectivity index (χ1n) is 11.4. The number of ether oxygens (including phenoxy) is 1. The molecule has 0 radical (unpaired) electrons. The maximum absolute atomic E-state index is 13.0. The number of fused-ring (bicyclic) bond motifs is 1. The van der Waals surface area contributed by atoms with Crippen LogP contribution in [-0.2, 0) is 22.6 Å². The molecular weight excluding hydrogens is 491 g/mol. The van der Waals surface area contributed by atoms with Gasteiger partial charge in [-0.15, -0.1) is 0 Å². The summed E-state index contributed by atoms with van der Waals surface area (Å²) in [6, 6.07) is 13.8. The molecule has 1 amide bonds. The van der Waals surface area contributed by atoms with Gasteiger partial charge in [0.15, 0.2) is 0 Å². The fourth-order valence-electron chi connectivity index (χ4n) is 3.53. The number of alkyl halides is 3. The summed E-state index contributed by atoms with van der Waals surface area (Å²) in [5.74, 6) is -2.16. The Bertz CT molecular complexity index is 1200. The summed E-state index contributed by atoms with van der Waals surface area (Å²) in [7, 11) is 4.00. The number of hydrogen-bond acceptors (Lipinski definition) is 6. The van der Waals surface area contributed by atoms with Gasteiger partial charge in [0.25, 0.3) is 0 Å². The van der Waals surface area contributed by atoms with Crippen molar-refractivity contribution in [3.05, 3.63) is 66.0 Å². The Hall–Kier alpha value is -3.90. The van der Waals surface area contributed by atoms with Gasteiger partial charge in [-0.05, 0) is 49.3 Å². The van der Waals surface area contributed by atoms with Crippen LogP contribution in [0.4, 0.5) is 18.9 Å². The van der Waals surface area contributed by atoms with Crippen molar-refractivity contribution in [2.45, 2.75) is 25.2 Å². The van der Waals surface area contributed by atoms with Crippen molar-refractivity contribution < 1.29 is 32.6 Å². The van der Waals surface area contributed by atoms with Gasteiger partial charge in [0.05, 0.1) is 17.9 Å². The first-order chi connectivity index (χ1) is 17.5. The maximum atomic E-state index is 13.0. The van der Waals surface area contributed by atoms with Gasteiger partial charge >= 0.3 is 12.1 Å². The maximum Gasteiger partial charge on any atom is 0.490 e. The number of H-pyrrole nitrogens is 1. The molecule has 1 aromatic heterocycles. The van der Waals surface area contributed by atoms with Crippen molar-refractivity contribution in [1.82, 2.24) is 20.4 Å². The number of carbonyl (C=O) groups excluding carboxylic acids is 1. The molecule has 198 valence electrons. The number of carboxylic acid groups (broad SMARTS) is 1. The number of amides is 1. The average molecular weight is 520 g/mol. The predicted molar refractivity (Wildman–Crippen MR) is 131 cm³/mol. The predicted octanol–water partition coefficient (Wildman–Crippen LogP) is 3.30. The number of halogens is 3. The van der Waals surface area contributed by atoms with Gasteiger partial charge in [0.1, 0.15) is 12.4 Å². The van der Waals surface area contributed by atoms with Crippen LogP contribution in [0.2, 0.25) is 0 Å². The molecule has 0 saturated heterocycles. The number of aliphatic carboxylic acids is 1. The first-order valence-corrected chi connectivity index (χ1v) is 11.4. The zero-order chi connectivity index (χ0) is 27.0. The number of carboxylic acids is 1. The zero-order valence-corrected chi connectivity index (χ0v) is 20.3. The second-order valence-corrected chi connectivity index (χ2v) is 8.55. The molecule has 0 saturated carbocycles. The number of nitrogens with one attached hydrogen (secondary N) is 3. The van der Waals surface area contributed by atoms with E-state index in [0.29, 0.717) is 31.0 Å². The Balaban J connectivity index is 0.000000479. The monoisotopic (exact) mass is 519 g/mol. The molecule has 0 aliphatic carbocycles. The van der Waals surface area contributed by atoms with Crippen LogP contribution in [0.3, 0.4) is 0 Å². The molecule has 12 heteroatoms. The molecule has 3 aromatic rings. The minimum atomic E-state index is -5.08. The van der Waals surface area contributed by atoms with E-state index in [9.17, 15) is 18.0 Å². The van der Waals surface area contributed by atoms with E-state index in [4.69, 9.17) is 14.6 Å². The highest BCUT2D eigenvalue weighted by Gasteiger charge is 2.38. The summed E-state index contributed by atoms with van der Waals surface area (Å²) >= 11 is 0. The number of aromatic nitrogens is 2. The van der Waals surface area contributed by atoms with E-state index < -0.39 is 12.1 Å². The van der Waals surface area contributed by atoms with Gasteiger partial charge in [-0.1, -0.05) is 30.3 Å². The molecule has 37 heavy (non-hydrogen) atoms. The summed E-state index contributed by atoms with van der Waals surface area (Å²) in [5, 5.41) is 20.4. The average Bonchev–Trinajstić information content (AvgIpc) is 3.39. The van der Waals surface area contributed by atoms with Crippen LogP contribution >= 0.6 is 0 Å². The lowest BCUT2D eigenvalue weighted by Crippen LogP contribution is -2.44. The molecule has 4 N–H and O–H groups in total. The topological polar surface area (TPSA) is 120 Å².